The molecule has 0 aliphatic carbocycles. The second-order valence-corrected chi connectivity index (χ2v) is 20.3. The maximum absolute atomic E-state index is 14.2. The number of fused-ring (bicyclic) bond motifs is 9. The number of aromatic nitrogens is 3. The fourth-order valence-corrected chi connectivity index (χ4v) is 13.7. The largest absolute Gasteiger partial charge is 0.331 e. The van der Waals surface area contributed by atoms with Crippen molar-refractivity contribution in [2.24, 2.45) is 5.73 Å². The van der Waals surface area contributed by atoms with Gasteiger partial charge in [-0.25, -0.2) is 9.97 Å². The Kier molecular flexibility index (Phi) is 6.35. The van der Waals surface area contributed by atoms with E-state index in [4.69, 9.17) is 14.8 Å². The molecule has 0 fully saturated rings. The van der Waals surface area contributed by atoms with Crippen LogP contribution in [0.3, 0.4) is 0 Å². The van der Waals surface area contributed by atoms with E-state index in [0.29, 0.717) is 34.4 Å². The molecule has 1 amide bonds. The first-order valence-electron chi connectivity index (χ1n) is 16.7. The maximum atomic E-state index is 14.2. The number of imidazole rings is 1. The second kappa shape index (κ2) is 10.4. The molecule has 6 rings (SSSR count). The van der Waals surface area contributed by atoms with E-state index >= 15 is 0 Å². The zero-order chi connectivity index (χ0) is 33.5. The van der Waals surface area contributed by atoms with Crippen molar-refractivity contribution in [3.8, 4) is 21.9 Å². The van der Waals surface area contributed by atoms with Crippen molar-refractivity contribution in [2.75, 3.05) is 6.98 Å². The first kappa shape index (κ1) is 26.2. The fourth-order valence-electron chi connectivity index (χ4n) is 7.52. The summed E-state index contributed by atoms with van der Waals surface area (Å²) >= 11 is 1.56. The summed E-state index contributed by atoms with van der Waals surface area (Å²) in [6.45, 7) is 15.0. The molecule has 2 aromatic carbocycles. The molecule has 2 N–H and O–H groups in total. The number of benzene rings is 2. The van der Waals surface area contributed by atoms with E-state index in [-0.39, 0.29) is 6.04 Å². The number of nitrogens with zero attached hydrogens (tertiary/aromatic N) is 4. The first-order chi connectivity index (χ1) is 21.5. The smallest absolute Gasteiger partial charge is 0.254 e. The van der Waals surface area contributed by atoms with Crippen LogP contribution >= 0.6 is 11.3 Å². The fraction of sp³-hybridized carbons (Fsp3) is 0.457. The van der Waals surface area contributed by atoms with Gasteiger partial charge in [0.15, 0.2) is 0 Å². The summed E-state index contributed by atoms with van der Waals surface area (Å²) in [6, 6.07) is 10.7. The van der Waals surface area contributed by atoms with Gasteiger partial charge in [0, 0.05) is 40.4 Å². The number of nitrogens with two attached hydrogens (primary N) is 1. The molecule has 0 radical (unpaired) electrons. The molecule has 4 aromatic rings. The molecule has 224 valence electrons. The van der Waals surface area contributed by atoms with Crippen molar-refractivity contribution in [3.63, 3.8) is 0 Å². The third kappa shape index (κ3) is 4.59. The Labute approximate surface area is 265 Å². The van der Waals surface area contributed by atoms with Crippen molar-refractivity contribution in [2.45, 2.75) is 96.1 Å². The Hall–Kier alpha value is -3.25. The van der Waals surface area contributed by atoms with Crippen LogP contribution in [0.5, 0.6) is 0 Å². The van der Waals surface area contributed by atoms with E-state index in [2.05, 4.69) is 68.6 Å². The molecule has 2 aromatic heterocycles. The number of carbonyl (C=O) groups is 1. The van der Waals surface area contributed by atoms with Crippen molar-refractivity contribution >= 4 is 36.4 Å². The van der Waals surface area contributed by atoms with Gasteiger partial charge in [0.05, 0.1) is 33.5 Å². The van der Waals surface area contributed by atoms with Gasteiger partial charge in [-0.05, 0) is 60.3 Å². The van der Waals surface area contributed by atoms with Gasteiger partial charge in [-0.3, -0.25) is 4.79 Å². The van der Waals surface area contributed by atoms with Crippen LogP contribution < -0.4 is 5.73 Å². The summed E-state index contributed by atoms with van der Waals surface area (Å²) in [7, 11) is -2.09. The lowest BCUT2D eigenvalue weighted by Gasteiger charge is -2.38. The van der Waals surface area contributed by atoms with Gasteiger partial charge in [0.25, 0.3) is 5.91 Å². The Morgan fingerprint density at radius 2 is 1.81 bits per heavy atom. The van der Waals surface area contributed by atoms with Gasteiger partial charge in [-0.2, -0.15) is 0 Å². The Balaban J connectivity index is 1.59. The summed E-state index contributed by atoms with van der Waals surface area (Å²) in [6.07, 6.45) is 2.28. The summed E-state index contributed by atoms with van der Waals surface area (Å²) in [4.78, 5) is 25.8. The lowest BCUT2D eigenvalue weighted by atomic mass is 9.93. The van der Waals surface area contributed by atoms with E-state index in [1.54, 1.807) is 17.4 Å². The van der Waals surface area contributed by atoms with Crippen LogP contribution in [0.4, 0.5) is 0 Å². The number of hydrogen-bond donors (Lipinski definition) is 1. The molecule has 8 heteroatoms. The van der Waals surface area contributed by atoms with Crippen molar-refractivity contribution in [3.05, 3.63) is 70.1 Å². The molecule has 0 spiro atoms. The third-order valence-corrected chi connectivity index (χ3v) is 17.3. The molecule has 2 bridgehead atoms. The number of carbonyl (C=O) groups excluding carboxylic acids is 1. The van der Waals surface area contributed by atoms with Crippen LogP contribution in [0.25, 0.3) is 21.5 Å². The van der Waals surface area contributed by atoms with Crippen molar-refractivity contribution < 1.29 is 8.91 Å². The maximum Gasteiger partial charge on any atom is 0.254 e. The molecular formula is C35H43N5OSSi. The van der Waals surface area contributed by atoms with Gasteiger partial charge in [0.2, 0.25) is 0 Å². The van der Waals surface area contributed by atoms with Crippen LogP contribution in [0.1, 0.15) is 110 Å². The van der Waals surface area contributed by atoms with E-state index < -0.39 is 32.5 Å². The Morgan fingerprint density at radius 3 is 2.44 bits per heavy atom. The Morgan fingerprint density at radius 1 is 1.09 bits per heavy atom. The van der Waals surface area contributed by atoms with Crippen LogP contribution in [0.15, 0.2) is 42.6 Å². The topological polar surface area (TPSA) is 77.0 Å². The van der Waals surface area contributed by atoms with E-state index in [0.717, 1.165) is 42.5 Å². The highest BCUT2D eigenvalue weighted by atomic mass is 32.1. The molecule has 6 nitrogen and oxygen atoms in total. The average molecular weight is 613 g/mol. The minimum Gasteiger partial charge on any atom is -0.331 e. The zero-order valence-electron chi connectivity index (χ0n) is 29.3. The van der Waals surface area contributed by atoms with E-state index in [1.807, 2.05) is 44.3 Å². The van der Waals surface area contributed by atoms with E-state index in [9.17, 15) is 4.79 Å². The second-order valence-electron chi connectivity index (χ2n) is 13.7. The van der Waals surface area contributed by atoms with Crippen LogP contribution in [-0.4, -0.2) is 40.4 Å². The van der Waals surface area contributed by atoms with Gasteiger partial charge in [-0.15, -0.1) is 16.9 Å². The number of rotatable bonds is 5. The van der Waals surface area contributed by atoms with Crippen LogP contribution in [0, 0.1) is 11.5 Å². The quantitative estimate of drug-likeness (QED) is 0.183. The monoisotopic (exact) mass is 612 g/mol. The Bertz CT molecular complexity index is 1880. The number of thiazole rings is 1. The predicted molar refractivity (Wildman–Crippen MR) is 180 cm³/mol. The van der Waals surface area contributed by atoms with Gasteiger partial charge in [0.1, 0.15) is 18.9 Å². The molecule has 2 aliphatic rings. The van der Waals surface area contributed by atoms with Crippen molar-refractivity contribution in [1.82, 2.24) is 19.4 Å². The highest BCUT2D eigenvalue weighted by Gasteiger charge is 2.45. The lowest BCUT2D eigenvalue weighted by molar-refractivity contribution is 0.0734. The third-order valence-electron chi connectivity index (χ3n) is 9.59. The van der Waals surface area contributed by atoms with Crippen LogP contribution in [0.2, 0.25) is 16.6 Å². The number of amides is 1. The van der Waals surface area contributed by atoms with Crippen molar-refractivity contribution in [1.29, 1.82) is 0 Å². The molecule has 2 atom stereocenters. The minimum atomic E-state index is -2.64. The summed E-state index contributed by atoms with van der Waals surface area (Å²) in [5, 5.41) is 0.848. The molecule has 0 unspecified atom stereocenters. The molecule has 2 aliphatic heterocycles. The SMILES string of the molecule is [2H]C([2H])([2H])N1C(=O)c2cccc(C#C[Si](C(C)C)(C(C)C)C(C)C)c2[C@H]2C[C@@H]1c1nc3ccc(-c4cnc(C(C)(C)N)s4)cc3n12. The van der Waals surface area contributed by atoms with Crippen LogP contribution in [-0.2, 0) is 5.54 Å². The highest BCUT2D eigenvalue weighted by Crippen LogP contribution is 2.49. The van der Waals surface area contributed by atoms with E-state index in [1.165, 1.54) is 0 Å². The highest BCUT2D eigenvalue weighted by molar-refractivity contribution is 7.15. The first-order valence-corrected chi connectivity index (χ1v) is 18.3. The predicted octanol–water partition coefficient (Wildman–Crippen LogP) is 8.04. The molecular weight excluding hydrogens is 567 g/mol. The zero-order valence-corrected chi connectivity index (χ0v) is 28.1. The molecule has 43 heavy (non-hydrogen) atoms. The summed E-state index contributed by atoms with van der Waals surface area (Å²) in [5.41, 5.74) is 15.6. The van der Waals surface area contributed by atoms with Gasteiger partial charge < -0.3 is 15.2 Å². The average Bonchev–Trinajstić information content (AvgIpc) is 3.65. The molecule has 4 heterocycles. The standard InChI is InChI=1S/C35H43N5OSSi/c1-20(2)43(21(3)4,22(5)6)16-15-23-11-10-12-25-31(23)28-18-29(39(9)33(25)41)32-38-26-14-13-24(17-27(26)40(28)32)30-19-37-34(42-30)35(7,8)36/h10-14,17,19-22,28-29H,18,36H2,1-9H3/t28-,29-/m1/s1/i9D3. The molecule has 0 saturated heterocycles. The minimum absolute atomic E-state index is 0.301. The summed E-state index contributed by atoms with van der Waals surface area (Å²) in [5.74, 6) is 3.72. The van der Waals surface area contributed by atoms with Gasteiger partial charge in [-0.1, -0.05) is 59.6 Å². The lowest BCUT2D eigenvalue weighted by Crippen LogP contribution is -2.43. The van der Waals surface area contributed by atoms with Gasteiger partial charge >= 0.3 is 0 Å². The normalized spacial score (nSPS) is 19.7. The summed E-state index contributed by atoms with van der Waals surface area (Å²) < 4.78 is 27.5. The molecule has 0 saturated carbocycles. The number of hydrogen-bond acceptors (Lipinski definition) is 5.